The number of aliphatic imine (C=N–C) groups is 1. The maximum absolute atomic E-state index is 12.1. The van der Waals surface area contributed by atoms with E-state index in [1.165, 1.54) is 5.56 Å². The van der Waals surface area contributed by atoms with E-state index >= 15 is 0 Å². The Labute approximate surface area is 140 Å². The molecule has 2 fully saturated rings. The van der Waals surface area contributed by atoms with Crippen molar-refractivity contribution in [2.24, 2.45) is 4.99 Å². The first-order valence-corrected chi connectivity index (χ1v) is 9.91. The Morgan fingerprint density at radius 2 is 2.12 bits per heavy atom. The molecule has 1 aromatic carbocycles. The molecule has 0 radical (unpaired) electrons. The van der Waals surface area contributed by atoms with E-state index in [4.69, 9.17) is 4.74 Å². The molecule has 24 heavy (non-hydrogen) atoms. The van der Waals surface area contributed by atoms with E-state index in [0.717, 1.165) is 24.6 Å². The lowest BCUT2D eigenvalue weighted by Crippen LogP contribution is -2.40. The molecule has 0 spiro atoms. The number of carbonyl (C=O) groups is 1. The Morgan fingerprint density at radius 1 is 1.29 bits per heavy atom. The van der Waals surface area contributed by atoms with Gasteiger partial charge in [0.25, 0.3) is 0 Å². The second-order valence-electron chi connectivity index (χ2n) is 6.45. The number of hydrogen-bond donors (Lipinski definition) is 1. The van der Waals surface area contributed by atoms with Crippen LogP contribution in [0.5, 0.6) is 0 Å². The van der Waals surface area contributed by atoms with Crippen molar-refractivity contribution in [2.75, 3.05) is 18.1 Å². The number of rotatable bonds is 2. The van der Waals surface area contributed by atoms with Crippen LogP contribution < -0.4 is 5.32 Å². The molecule has 3 aliphatic heterocycles. The zero-order valence-electron chi connectivity index (χ0n) is 13.1. The van der Waals surface area contributed by atoms with Gasteiger partial charge < -0.3 is 15.0 Å². The molecule has 0 aliphatic carbocycles. The largest absolute Gasteiger partial charge is 0.438 e. The minimum atomic E-state index is -3.02. The van der Waals surface area contributed by atoms with Crippen LogP contribution in [-0.4, -0.2) is 55.4 Å². The van der Waals surface area contributed by atoms with Crippen LogP contribution in [-0.2, 0) is 21.1 Å². The summed E-state index contributed by atoms with van der Waals surface area (Å²) < 4.78 is 28.4. The summed E-state index contributed by atoms with van der Waals surface area (Å²) in [5.74, 6) is 0.897. The van der Waals surface area contributed by atoms with Crippen LogP contribution in [0.25, 0.3) is 0 Å². The predicted molar refractivity (Wildman–Crippen MR) is 89.0 cm³/mol. The fraction of sp³-hybridized carbons (Fsp3) is 0.500. The summed E-state index contributed by atoms with van der Waals surface area (Å²) in [6.45, 7) is 1.57. The van der Waals surface area contributed by atoms with Crippen molar-refractivity contribution < 1.29 is 17.9 Å². The molecule has 1 amide bonds. The van der Waals surface area contributed by atoms with Gasteiger partial charge in [0.1, 0.15) is 5.84 Å². The van der Waals surface area contributed by atoms with E-state index in [1.54, 1.807) is 0 Å². The minimum absolute atomic E-state index is 0.00673. The Bertz CT molecular complexity index is 805. The summed E-state index contributed by atoms with van der Waals surface area (Å²) in [7, 11) is -3.02. The number of amides is 1. The first-order valence-electron chi connectivity index (χ1n) is 8.09. The molecule has 0 saturated carbocycles. The normalized spacial score (nSPS) is 27.2. The van der Waals surface area contributed by atoms with Gasteiger partial charge in [-0.1, -0.05) is 18.2 Å². The number of carbonyl (C=O) groups excluding carboxylic acids is 1. The van der Waals surface area contributed by atoms with Crippen LogP contribution in [0.15, 0.2) is 29.3 Å². The number of hydrogen-bond acceptors (Lipinski definition) is 6. The third-order valence-corrected chi connectivity index (χ3v) is 6.43. The molecule has 2 atom stereocenters. The molecule has 1 aromatic rings. The predicted octanol–water partition coefficient (Wildman–Crippen LogP) is 1.22. The fourth-order valence-electron chi connectivity index (χ4n) is 3.46. The van der Waals surface area contributed by atoms with Crippen LogP contribution >= 0.6 is 0 Å². The van der Waals surface area contributed by atoms with Crippen LogP contribution in [0.2, 0.25) is 0 Å². The van der Waals surface area contributed by atoms with E-state index < -0.39 is 15.9 Å². The first-order chi connectivity index (χ1) is 11.5. The summed E-state index contributed by atoms with van der Waals surface area (Å²) in [6.07, 6.45) is 0.202. The van der Waals surface area contributed by atoms with Crippen molar-refractivity contribution in [2.45, 2.75) is 31.5 Å². The molecule has 0 unspecified atom stereocenters. The molecule has 1 N–H and O–H groups in total. The highest BCUT2D eigenvalue weighted by Gasteiger charge is 2.36. The van der Waals surface area contributed by atoms with Gasteiger partial charge in [-0.15, -0.1) is 0 Å². The molecule has 7 nitrogen and oxygen atoms in total. The summed E-state index contributed by atoms with van der Waals surface area (Å²) in [5.41, 5.74) is 2.09. The lowest BCUT2D eigenvalue weighted by atomic mass is 10.1. The van der Waals surface area contributed by atoms with Crippen LogP contribution in [0, 0.1) is 0 Å². The lowest BCUT2D eigenvalue weighted by Gasteiger charge is -2.26. The highest BCUT2D eigenvalue weighted by Crippen LogP contribution is 2.31. The number of sulfone groups is 1. The van der Waals surface area contributed by atoms with E-state index in [9.17, 15) is 13.2 Å². The van der Waals surface area contributed by atoms with Gasteiger partial charge >= 0.3 is 6.09 Å². The van der Waals surface area contributed by atoms with Crippen molar-refractivity contribution in [1.82, 2.24) is 10.2 Å². The number of fused-ring (bicyclic) bond motifs is 2. The van der Waals surface area contributed by atoms with Gasteiger partial charge in [0.2, 0.25) is 0 Å². The van der Waals surface area contributed by atoms with E-state index in [2.05, 4.69) is 21.3 Å². The van der Waals surface area contributed by atoms with Crippen LogP contribution in [0.4, 0.5) is 10.5 Å². The Balaban J connectivity index is 1.42. The summed E-state index contributed by atoms with van der Waals surface area (Å²) in [6, 6.07) is 7.59. The number of para-hydroxylation sites is 1. The van der Waals surface area contributed by atoms with Crippen molar-refractivity contribution in [3.63, 3.8) is 0 Å². The Morgan fingerprint density at radius 3 is 2.92 bits per heavy atom. The highest BCUT2D eigenvalue weighted by molar-refractivity contribution is 7.91. The summed E-state index contributed by atoms with van der Waals surface area (Å²) in [5, 5.41) is 2.66. The zero-order chi connectivity index (χ0) is 16.7. The zero-order valence-corrected chi connectivity index (χ0v) is 14.0. The van der Waals surface area contributed by atoms with E-state index in [0.29, 0.717) is 12.8 Å². The molecule has 2 saturated heterocycles. The second-order valence-corrected chi connectivity index (χ2v) is 8.68. The average Bonchev–Trinajstić information content (AvgIpc) is 3.08. The van der Waals surface area contributed by atoms with Gasteiger partial charge in [-0.25, -0.2) is 18.2 Å². The maximum Gasteiger partial charge on any atom is 0.408 e. The third kappa shape index (κ3) is 2.98. The summed E-state index contributed by atoms with van der Waals surface area (Å²) in [4.78, 5) is 18.8. The average molecular weight is 349 g/mol. The van der Waals surface area contributed by atoms with Crippen LogP contribution in [0.1, 0.15) is 18.4 Å². The highest BCUT2D eigenvalue weighted by atomic mass is 32.2. The smallest absolute Gasteiger partial charge is 0.408 e. The van der Waals surface area contributed by atoms with Crippen molar-refractivity contribution in [1.29, 1.82) is 0 Å². The molecule has 0 aromatic heterocycles. The van der Waals surface area contributed by atoms with Gasteiger partial charge in [0.05, 0.1) is 17.2 Å². The van der Waals surface area contributed by atoms with E-state index in [1.807, 2.05) is 18.2 Å². The molecule has 3 heterocycles. The molecule has 4 rings (SSSR count). The Hall–Kier alpha value is -2.09. The topological polar surface area (TPSA) is 88.1 Å². The molecule has 0 bridgehead atoms. The van der Waals surface area contributed by atoms with Crippen molar-refractivity contribution in [3.05, 3.63) is 29.8 Å². The van der Waals surface area contributed by atoms with Gasteiger partial charge in [-0.3, -0.25) is 0 Å². The fourth-order valence-corrected chi connectivity index (χ4v) is 5.13. The standard InChI is InChI=1S/C16H19N3O4S/c20-16(17-12-6-8-24(21,22)10-12)23-14-5-7-19-9-11-3-1-2-4-13(11)18-15(14)19/h1-4,12,14H,5-10H2,(H,17,20)/t12-,14-/m1/s1. The number of benzene rings is 1. The summed E-state index contributed by atoms with van der Waals surface area (Å²) >= 11 is 0. The number of nitrogens with zero attached hydrogens (tertiary/aromatic N) is 2. The quantitative estimate of drug-likeness (QED) is 0.867. The molecule has 3 aliphatic rings. The second kappa shape index (κ2) is 5.77. The third-order valence-electron chi connectivity index (χ3n) is 4.66. The molecule has 8 heteroatoms. The van der Waals surface area contributed by atoms with Crippen molar-refractivity contribution in [3.8, 4) is 0 Å². The minimum Gasteiger partial charge on any atom is -0.438 e. The van der Waals surface area contributed by atoms with Gasteiger partial charge in [0, 0.05) is 25.6 Å². The number of alkyl carbamates (subject to hydrolysis) is 1. The molecular formula is C16H19N3O4S. The number of nitrogens with one attached hydrogen (secondary N) is 1. The van der Waals surface area contributed by atoms with E-state index in [-0.39, 0.29) is 23.7 Å². The van der Waals surface area contributed by atoms with Crippen LogP contribution in [0.3, 0.4) is 0 Å². The van der Waals surface area contributed by atoms with Gasteiger partial charge in [-0.05, 0) is 18.1 Å². The monoisotopic (exact) mass is 349 g/mol. The van der Waals surface area contributed by atoms with Gasteiger partial charge in [-0.2, -0.15) is 0 Å². The van der Waals surface area contributed by atoms with Gasteiger partial charge in [0.15, 0.2) is 15.9 Å². The maximum atomic E-state index is 12.1. The van der Waals surface area contributed by atoms with Crippen molar-refractivity contribution >= 4 is 27.5 Å². The first kappa shape index (κ1) is 15.4. The molecular weight excluding hydrogens is 330 g/mol. The lowest BCUT2D eigenvalue weighted by molar-refractivity contribution is 0.125. The SMILES string of the molecule is O=C(N[C@@H]1CCS(=O)(=O)C1)O[C@@H]1CCN2Cc3ccccc3N=C12. The molecule has 128 valence electrons. The number of amidine groups is 1. The number of ether oxygens (including phenoxy) is 1. The Kier molecular flexibility index (Phi) is 3.71.